The van der Waals surface area contributed by atoms with E-state index in [0.717, 1.165) is 11.1 Å². The SMILES string of the molecule is C=CCOCCCC(=O)N1CCc2cc(OC)c(OC)cc2C1CC(=O)O. The van der Waals surface area contributed by atoms with Crippen LogP contribution in [0.15, 0.2) is 24.8 Å². The second kappa shape index (κ2) is 9.97. The maximum absolute atomic E-state index is 12.7. The van der Waals surface area contributed by atoms with Gasteiger partial charge in [-0.15, -0.1) is 6.58 Å². The number of methoxy groups -OCH3 is 2. The molecule has 1 atom stereocenters. The molecule has 1 aliphatic rings. The minimum Gasteiger partial charge on any atom is -0.493 e. The van der Waals surface area contributed by atoms with Crippen molar-refractivity contribution in [3.63, 3.8) is 0 Å². The van der Waals surface area contributed by atoms with Crippen molar-refractivity contribution in [1.82, 2.24) is 4.90 Å². The van der Waals surface area contributed by atoms with E-state index in [2.05, 4.69) is 6.58 Å². The Balaban J connectivity index is 2.21. The molecule has 2 rings (SSSR count). The van der Waals surface area contributed by atoms with Gasteiger partial charge in [0, 0.05) is 19.6 Å². The fourth-order valence-corrected chi connectivity index (χ4v) is 3.35. The van der Waals surface area contributed by atoms with Crippen LogP contribution in [0.3, 0.4) is 0 Å². The molecule has 27 heavy (non-hydrogen) atoms. The van der Waals surface area contributed by atoms with Gasteiger partial charge in [0.2, 0.25) is 5.91 Å². The fraction of sp³-hybridized carbons (Fsp3) is 0.500. The molecule has 7 heteroatoms. The lowest BCUT2D eigenvalue weighted by atomic mass is 9.89. The highest BCUT2D eigenvalue weighted by atomic mass is 16.5. The molecule has 0 saturated heterocycles. The second-order valence-corrected chi connectivity index (χ2v) is 6.32. The summed E-state index contributed by atoms with van der Waals surface area (Å²) >= 11 is 0. The Morgan fingerprint density at radius 1 is 1.30 bits per heavy atom. The Kier molecular flexibility index (Phi) is 7.67. The molecular formula is C20H27NO6. The summed E-state index contributed by atoms with van der Waals surface area (Å²) < 4.78 is 16.0. The first-order valence-electron chi connectivity index (χ1n) is 8.96. The Morgan fingerprint density at radius 2 is 2.00 bits per heavy atom. The molecule has 148 valence electrons. The van der Waals surface area contributed by atoms with Crippen molar-refractivity contribution < 1.29 is 28.9 Å². The van der Waals surface area contributed by atoms with Crippen LogP contribution in [-0.4, -0.2) is 55.9 Å². The lowest BCUT2D eigenvalue weighted by Crippen LogP contribution is -2.41. The van der Waals surface area contributed by atoms with E-state index in [1.54, 1.807) is 24.2 Å². The van der Waals surface area contributed by atoms with Crippen LogP contribution in [-0.2, 0) is 20.7 Å². The summed E-state index contributed by atoms with van der Waals surface area (Å²) in [6.07, 6.45) is 3.05. The van der Waals surface area contributed by atoms with Crippen molar-refractivity contribution in [2.75, 3.05) is 34.0 Å². The van der Waals surface area contributed by atoms with E-state index in [-0.39, 0.29) is 12.3 Å². The van der Waals surface area contributed by atoms with E-state index in [0.29, 0.717) is 50.5 Å². The van der Waals surface area contributed by atoms with Gasteiger partial charge in [-0.1, -0.05) is 6.08 Å². The summed E-state index contributed by atoms with van der Waals surface area (Å²) in [4.78, 5) is 25.8. The molecule has 1 amide bonds. The number of hydrogen-bond acceptors (Lipinski definition) is 5. The number of hydrogen-bond donors (Lipinski definition) is 1. The number of carboxylic acids is 1. The van der Waals surface area contributed by atoms with Gasteiger partial charge in [-0.2, -0.15) is 0 Å². The summed E-state index contributed by atoms with van der Waals surface area (Å²) in [7, 11) is 3.09. The Labute approximate surface area is 159 Å². The summed E-state index contributed by atoms with van der Waals surface area (Å²) in [5, 5.41) is 9.37. The van der Waals surface area contributed by atoms with Crippen LogP contribution in [0, 0.1) is 0 Å². The molecule has 1 unspecified atom stereocenters. The minimum absolute atomic E-state index is 0.0658. The third-order valence-corrected chi connectivity index (χ3v) is 4.61. The van der Waals surface area contributed by atoms with E-state index < -0.39 is 12.0 Å². The van der Waals surface area contributed by atoms with Crippen molar-refractivity contribution in [2.45, 2.75) is 31.7 Å². The highest BCUT2D eigenvalue weighted by Gasteiger charge is 2.33. The zero-order chi connectivity index (χ0) is 19.8. The van der Waals surface area contributed by atoms with Gasteiger partial charge in [0.05, 0.1) is 33.3 Å². The van der Waals surface area contributed by atoms with Crippen LogP contribution in [0.25, 0.3) is 0 Å². The van der Waals surface area contributed by atoms with Crippen LogP contribution >= 0.6 is 0 Å². The van der Waals surface area contributed by atoms with Crippen LogP contribution in [0.5, 0.6) is 11.5 Å². The molecule has 0 radical (unpaired) electrons. The zero-order valence-electron chi connectivity index (χ0n) is 15.9. The monoisotopic (exact) mass is 377 g/mol. The highest BCUT2D eigenvalue weighted by Crippen LogP contribution is 2.39. The van der Waals surface area contributed by atoms with Crippen LogP contribution in [0.2, 0.25) is 0 Å². The molecule has 0 aromatic heterocycles. The van der Waals surface area contributed by atoms with Crippen molar-refractivity contribution in [2.24, 2.45) is 0 Å². The normalized spacial score (nSPS) is 15.8. The predicted octanol–water partition coefficient (Wildman–Crippen LogP) is 2.59. The van der Waals surface area contributed by atoms with Gasteiger partial charge < -0.3 is 24.2 Å². The maximum atomic E-state index is 12.7. The molecule has 7 nitrogen and oxygen atoms in total. The van der Waals surface area contributed by atoms with Gasteiger partial charge in [-0.3, -0.25) is 9.59 Å². The van der Waals surface area contributed by atoms with E-state index in [1.807, 2.05) is 6.07 Å². The van der Waals surface area contributed by atoms with Crippen molar-refractivity contribution >= 4 is 11.9 Å². The molecule has 1 aromatic rings. The smallest absolute Gasteiger partial charge is 0.305 e. The quantitative estimate of drug-likeness (QED) is 0.498. The molecule has 1 heterocycles. The minimum atomic E-state index is -0.949. The van der Waals surface area contributed by atoms with Crippen molar-refractivity contribution in [3.05, 3.63) is 35.9 Å². The summed E-state index contributed by atoms with van der Waals surface area (Å²) in [6.45, 7) is 4.98. The number of fused-ring (bicyclic) bond motifs is 1. The number of rotatable bonds is 10. The summed E-state index contributed by atoms with van der Waals surface area (Å²) in [5.41, 5.74) is 1.79. The zero-order valence-corrected chi connectivity index (χ0v) is 15.9. The van der Waals surface area contributed by atoms with Gasteiger partial charge in [-0.25, -0.2) is 0 Å². The lowest BCUT2D eigenvalue weighted by molar-refractivity contribution is -0.141. The Bertz CT molecular complexity index is 687. The number of aliphatic carboxylic acids is 1. The van der Waals surface area contributed by atoms with Crippen LogP contribution in [0.4, 0.5) is 0 Å². The molecule has 0 fully saturated rings. The van der Waals surface area contributed by atoms with Gasteiger partial charge in [0.15, 0.2) is 11.5 Å². The second-order valence-electron chi connectivity index (χ2n) is 6.32. The van der Waals surface area contributed by atoms with Crippen LogP contribution in [0.1, 0.15) is 36.4 Å². The van der Waals surface area contributed by atoms with Crippen LogP contribution < -0.4 is 9.47 Å². The lowest BCUT2D eigenvalue weighted by Gasteiger charge is -2.37. The molecule has 0 saturated carbocycles. The molecular weight excluding hydrogens is 350 g/mol. The first-order valence-corrected chi connectivity index (χ1v) is 8.96. The predicted molar refractivity (Wildman–Crippen MR) is 100 cm³/mol. The first kappa shape index (κ1) is 20.8. The third kappa shape index (κ3) is 5.23. The average Bonchev–Trinajstić information content (AvgIpc) is 2.66. The summed E-state index contributed by atoms with van der Waals surface area (Å²) in [5.74, 6) is 0.113. The van der Waals surface area contributed by atoms with Gasteiger partial charge in [0.1, 0.15) is 0 Å². The topological polar surface area (TPSA) is 85.3 Å². The molecule has 0 aliphatic carbocycles. The number of carboxylic acid groups (broad SMARTS) is 1. The van der Waals surface area contributed by atoms with E-state index in [9.17, 15) is 14.7 Å². The van der Waals surface area contributed by atoms with E-state index in [1.165, 1.54) is 7.11 Å². The molecule has 0 spiro atoms. The number of ether oxygens (including phenoxy) is 3. The molecule has 1 N–H and O–H groups in total. The van der Waals surface area contributed by atoms with Crippen molar-refractivity contribution in [1.29, 1.82) is 0 Å². The highest BCUT2D eigenvalue weighted by molar-refractivity contribution is 5.78. The van der Waals surface area contributed by atoms with E-state index in [4.69, 9.17) is 14.2 Å². The average molecular weight is 377 g/mol. The number of benzene rings is 1. The third-order valence-electron chi connectivity index (χ3n) is 4.61. The van der Waals surface area contributed by atoms with Gasteiger partial charge in [0.25, 0.3) is 0 Å². The fourth-order valence-electron chi connectivity index (χ4n) is 3.35. The largest absolute Gasteiger partial charge is 0.493 e. The van der Waals surface area contributed by atoms with Gasteiger partial charge in [-0.05, 0) is 36.1 Å². The number of carbonyl (C=O) groups excluding carboxylic acids is 1. The standard InChI is InChI=1S/C20H27NO6/c1-4-9-27-10-5-6-19(22)21-8-7-14-11-17(25-2)18(26-3)12-15(14)16(21)13-20(23)24/h4,11-12,16H,1,5-10,13H2,2-3H3,(H,23,24). The van der Waals surface area contributed by atoms with Gasteiger partial charge >= 0.3 is 5.97 Å². The number of carbonyl (C=O) groups is 2. The molecule has 1 aromatic carbocycles. The van der Waals surface area contributed by atoms with E-state index >= 15 is 0 Å². The van der Waals surface area contributed by atoms with Crippen molar-refractivity contribution in [3.8, 4) is 11.5 Å². The maximum Gasteiger partial charge on any atom is 0.305 e. The molecule has 1 aliphatic heterocycles. The Morgan fingerprint density at radius 3 is 2.63 bits per heavy atom. The number of amides is 1. The molecule has 0 bridgehead atoms. The Hall–Kier alpha value is -2.54. The summed E-state index contributed by atoms with van der Waals surface area (Å²) in [6, 6.07) is 3.13. The number of nitrogens with zero attached hydrogens (tertiary/aromatic N) is 1. The first-order chi connectivity index (χ1) is 13.0.